The van der Waals surface area contributed by atoms with Crippen LogP contribution in [0.2, 0.25) is 0 Å². The molecule has 0 saturated heterocycles. The second kappa shape index (κ2) is 20.9. The molecule has 0 aliphatic heterocycles. The largest absolute Gasteiger partial charge is 0.426 e. The van der Waals surface area contributed by atoms with Crippen LogP contribution in [-0.4, -0.2) is 30.8 Å². The van der Waals surface area contributed by atoms with Crippen LogP contribution in [0.15, 0.2) is 117 Å². The van der Waals surface area contributed by atoms with E-state index in [-0.39, 0.29) is 11.9 Å². The van der Waals surface area contributed by atoms with Crippen LogP contribution < -0.4 is 4.74 Å². The van der Waals surface area contributed by atoms with Gasteiger partial charge >= 0.3 is 5.97 Å². The molecule has 0 N–H and O–H groups in total. The lowest BCUT2D eigenvalue weighted by Crippen LogP contribution is -2.24. The molecule has 4 aromatic rings. The first-order valence-corrected chi connectivity index (χ1v) is 19.5. The Hall–Kier alpha value is -4.97. The standard InChI is InChI=1S/C24H30N2.C23H26N2O2/c1-19-3-7-21(8-4-19)11-12-22-13-15-24(16-14-22)18-26-25-17-23-9-5-20(2)6-10-23;1-17-3-7-19(8-4-17)15-24-25-16-20-9-13-22(14-10-20)27-23(26)21-11-5-18(2)6-12-21/h5-6,9-10,13-19,21H,3-4,7-8,11-12H2,1-2H3;3-4,7-10,13-16,18,21H,5-6,11-12H2,1-2H3/b25-17-,26-18-;24-15-,25-16-. The molecular weight excluding hydrogens is 653 g/mol. The lowest BCUT2D eigenvalue weighted by molar-refractivity contribution is -0.140. The van der Waals surface area contributed by atoms with Gasteiger partial charge in [-0.25, -0.2) is 0 Å². The highest BCUT2D eigenvalue weighted by Gasteiger charge is 2.26. The number of rotatable bonds is 11. The number of aryl methyl sites for hydroxylation is 3. The molecule has 2 fully saturated rings. The maximum atomic E-state index is 12.3. The average Bonchev–Trinajstić information content (AvgIpc) is 3.18. The molecule has 4 aromatic carbocycles. The Morgan fingerprint density at radius 3 is 1.36 bits per heavy atom. The van der Waals surface area contributed by atoms with Gasteiger partial charge in [0.25, 0.3) is 0 Å². The lowest BCUT2D eigenvalue weighted by atomic mass is 9.80. The molecule has 0 amide bonds. The zero-order valence-electron chi connectivity index (χ0n) is 32.0. The van der Waals surface area contributed by atoms with Crippen molar-refractivity contribution in [3.8, 4) is 5.75 Å². The fourth-order valence-electron chi connectivity index (χ4n) is 6.78. The lowest BCUT2D eigenvalue weighted by Gasteiger charge is -2.26. The number of esters is 1. The summed E-state index contributed by atoms with van der Waals surface area (Å²) in [5.41, 5.74) is 7.99. The van der Waals surface area contributed by atoms with Gasteiger partial charge in [-0.05, 0) is 122 Å². The summed E-state index contributed by atoms with van der Waals surface area (Å²) in [6, 6.07) is 32.4. The van der Waals surface area contributed by atoms with Gasteiger partial charge < -0.3 is 4.74 Å². The third-order valence-electron chi connectivity index (χ3n) is 10.5. The van der Waals surface area contributed by atoms with Gasteiger partial charge in [-0.1, -0.05) is 123 Å². The molecule has 6 rings (SSSR count). The Bertz CT molecular complexity index is 1790. The Morgan fingerprint density at radius 2 is 0.925 bits per heavy atom. The fraction of sp³-hybridized carbons (Fsp3) is 0.383. The third kappa shape index (κ3) is 14.2. The van der Waals surface area contributed by atoms with Crippen molar-refractivity contribution < 1.29 is 9.53 Å². The second-order valence-corrected chi connectivity index (χ2v) is 15.2. The van der Waals surface area contributed by atoms with Crippen LogP contribution in [-0.2, 0) is 11.2 Å². The molecule has 2 aliphatic carbocycles. The molecular formula is C47H56N4O2. The quantitative estimate of drug-likeness (QED) is 0.0673. The van der Waals surface area contributed by atoms with Gasteiger partial charge in [0.15, 0.2) is 0 Å². The normalized spacial score (nSPS) is 20.5. The highest BCUT2D eigenvalue weighted by Crippen LogP contribution is 2.31. The minimum absolute atomic E-state index is 0.0403. The minimum atomic E-state index is -0.106. The number of hydrogen-bond acceptors (Lipinski definition) is 6. The SMILES string of the molecule is Cc1ccc(/C=N\N=C/c2ccc(CCC3CCC(C)CC3)cc2)cc1.Cc1ccc(/C=N\N=C/c2ccc(OC(=O)C3CCC(C)CC3)cc2)cc1. The van der Waals surface area contributed by atoms with Gasteiger partial charge in [0.1, 0.15) is 5.75 Å². The van der Waals surface area contributed by atoms with Crippen molar-refractivity contribution in [2.75, 3.05) is 0 Å². The topological polar surface area (TPSA) is 75.7 Å². The van der Waals surface area contributed by atoms with E-state index in [4.69, 9.17) is 4.74 Å². The zero-order chi connectivity index (χ0) is 37.3. The zero-order valence-corrected chi connectivity index (χ0v) is 32.0. The van der Waals surface area contributed by atoms with E-state index in [0.717, 1.165) is 65.7 Å². The van der Waals surface area contributed by atoms with Crippen LogP contribution >= 0.6 is 0 Å². The summed E-state index contributed by atoms with van der Waals surface area (Å²) in [5.74, 6) is 3.12. The first-order valence-electron chi connectivity index (χ1n) is 19.5. The van der Waals surface area contributed by atoms with Crippen LogP contribution in [0.4, 0.5) is 0 Å². The molecule has 0 aromatic heterocycles. The molecule has 2 saturated carbocycles. The van der Waals surface area contributed by atoms with E-state index in [1.807, 2.05) is 42.6 Å². The summed E-state index contributed by atoms with van der Waals surface area (Å²) in [5, 5.41) is 16.4. The number of hydrogen-bond donors (Lipinski definition) is 0. The van der Waals surface area contributed by atoms with E-state index in [1.165, 1.54) is 55.2 Å². The first-order chi connectivity index (χ1) is 25.8. The van der Waals surface area contributed by atoms with E-state index in [9.17, 15) is 4.79 Å². The Morgan fingerprint density at radius 1 is 0.547 bits per heavy atom. The van der Waals surface area contributed by atoms with E-state index < -0.39 is 0 Å². The van der Waals surface area contributed by atoms with Crippen molar-refractivity contribution >= 4 is 30.8 Å². The summed E-state index contributed by atoms with van der Waals surface area (Å²) in [6.07, 6.45) is 19.3. The van der Waals surface area contributed by atoms with Crippen molar-refractivity contribution in [2.45, 2.75) is 91.9 Å². The average molecular weight is 709 g/mol. The number of nitrogens with zero attached hydrogens (tertiary/aromatic N) is 4. The van der Waals surface area contributed by atoms with Crippen molar-refractivity contribution in [3.05, 3.63) is 136 Å². The number of carbonyl (C=O) groups is 1. The summed E-state index contributed by atoms with van der Waals surface area (Å²) < 4.78 is 5.52. The van der Waals surface area contributed by atoms with Crippen LogP contribution in [0, 0.1) is 37.5 Å². The maximum Gasteiger partial charge on any atom is 0.314 e. The van der Waals surface area contributed by atoms with Crippen LogP contribution in [0.25, 0.3) is 0 Å². The molecule has 0 bridgehead atoms. The molecule has 2 aliphatic rings. The molecule has 53 heavy (non-hydrogen) atoms. The summed E-state index contributed by atoms with van der Waals surface area (Å²) >= 11 is 0. The van der Waals surface area contributed by atoms with Crippen molar-refractivity contribution in [2.24, 2.45) is 44.1 Å². The van der Waals surface area contributed by atoms with E-state index in [0.29, 0.717) is 5.75 Å². The van der Waals surface area contributed by atoms with Crippen molar-refractivity contribution in [1.29, 1.82) is 0 Å². The van der Waals surface area contributed by atoms with E-state index in [1.54, 1.807) is 30.8 Å². The van der Waals surface area contributed by atoms with Crippen LogP contribution in [0.3, 0.4) is 0 Å². The molecule has 0 atom stereocenters. The highest BCUT2D eigenvalue weighted by molar-refractivity contribution is 5.84. The molecule has 6 nitrogen and oxygen atoms in total. The highest BCUT2D eigenvalue weighted by atomic mass is 16.5. The molecule has 0 spiro atoms. The van der Waals surface area contributed by atoms with E-state index in [2.05, 4.69) is 96.6 Å². The smallest absolute Gasteiger partial charge is 0.314 e. The van der Waals surface area contributed by atoms with Crippen LogP contribution in [0.1, 0.15) is 111 Å². The second-order valence-electron chi connectivity index (χ2n) is 15.2. The molecule has 0 radical (unpaired) electrons. The minimum Gasteiger partial charge on any atom is -0.426 e. The summed E-state index contributed by atoms with van der Waals surface area (Å²) in [6.45, 7) is 8.77. The molecule has 276 valence electrons. The van der Waals surface area contributed by atoms with Gasteiger partial charge in [-0.2, -0.15) is 20.4 Å². The van der Waals surface area contributed by atoms with Gasteiger partial charge in [0, 0.05) is 0 Å². The van der Waals surface area contributed by atoms with Gasteiger partial charge in [0.05, 0.1) is 30.8 Å². The number of ether oxygens (including phenoxy) is 1. The van der Waals surface area contributed by atoms with Gasteiger partial charge in [-0.3, -0.25) is 4.79 Å². The fourth-order valence-corrected chi connectivity index (χ4v) is 6.78. The predicted octanol–water partition coefficient (Wildman–Crippen LogP) is 11.4. The Kier molecular flexibility index (Phi) is 15.5. The molecule has 0 heterocycles. The predicted molar refractivity (Wildman–Crippen MR) is 222 cm³/mol. The number of carbonyl (C=O) groups excluding carboxylic acids is 1. The first kappa shape index (κ1) is 39.2. The van der Waals surface area contributed by atoms with E-state index >= 15 is 0 Å². The van der Waals surface area contributed by atoms with Gasteiger partial charge in [-0.15, -0.1) is 0 Å². The van der Waals surface area contributed by atoms with Gasteiger partial charge in [0.2, 0.25) is 0 Å². The molecule has 0 unspecified atom stereocenters. The van der Waals surface area contributed by atoms with Crippen molar-refractivity contribution in [1.82, 2.24) is 0 Å². The Balaban J connectivity index is 0.000000204. The molecule has 6 heteroatoms. The summed E-state index contributed by atoms with van der Waals surface area (Å²) in [4.78, 5) is 12.3. The van der Waals surface area contributed by atoms with Crippen LogP contribution in [0.5, 0.6) is 5.75 Å². The third-order valence-corrected chi connectivity index (χ3v) is 10.5. The summed E-state index contributed by atoms with van der Waals surface area (Å²) in [7, 11) is 0. The number of benzene rings is 4. The Labute approximate surface area is 317 Å². The maximum absolute atomic E-state index is 12.3. The van der Waals surface area contributed by atoms with Crippen molar-refractivity contribution in [3.63, 3.8) is 0 Å². The monoisotopic (exact) mass is 708 g/mol.